The second-order valence-electron chi connectivity index (χ2n) is 7.05. The van der Waals surface area contributed by atoms with Crippen LogP contribution in [0, 0.1) is 0 Å². The van der Waals surface area contributed by atoms with Crippen LogP contribution in [0.3, 0.4) is 0 Å². The second kappa shape index (κ2) is 8.26. The van der Waals surface area contributed by atoms with Crippen molar-refractivity contribution >= 4 is 22.1 Å². The Morgan fingerprint density at radius 1 is 1.18 bits per heavy atom. The fourth-order valence-electron chi connectivity index (χ4n) is 3.37. The van der Waals surface area contributed by atoms with E-state index in [9.17, 15) is 4.79 Å². The van der Waals surface area contributed by atoms with E-state index in [4.69, 9.17) is 5.21 Å². The number of carbonyl (C=O) groups excluding carboxylic acids is 1. The highest BCUT2D eigenvalue weighted by Crippen LogP contribution is 2.40. The van der Waals surface area contributed by atoms with Crippen LogP contribution in [0.5, 0.6) is 0 Å². The molecule has 0 unspecified atom stereocenters. The van der Waals surface area contributed by atoms with Gasteiger partial charge in [0.05, 0.1) is 28.9 Å². The summed E-state index contributed by atoms with van der Waals surface area (Å²) in [6.07, 6.45) is 5.11. The zero-order valence-electron chi connectivity index (χ0n) is 15.2. The monoisotopic (exact) mass is 440 g/mol. The maximum atomic E-state index is 11.7. The van der Waals surface area contributed by atoms with E-state index in [-0.39, 0.29) is 0 Å². The third-order valence-electron chi connectivity index (χ3n) is 4.99. The summed E-state index contributed by atoms with van der Waals surface area (Å²) in [5, 5.41) is 17.2. The van der Waals surface area contributed by atoms with Crippen LogP contribution in [-0.2, 0) is 13.1 Å². The van der Waals surface area contributed by atoms with Crippen molar-refractivity contribution in [3.8, 4) is 0 Å². The lowest BCUT2D eigenvalue weighted by Gasteiger charge is -2.07. The van der Waals surface area contributed by atoms with Crippen LogP contribution >= 0.6 is 16.1 Å². The first-order chi connectivity index (χ1) is 13.6. The quantitative estimate of drug-likeness (QED) is 0.333. The summed E-state index contributed by atoms with van der Waals surface area (Å²) >= 11 is 2.72. The van der Waals surface area contributed by atoms with Gasteiger partial charge in [-0.15, -0.1) is 4.09 Å². The summed E-state index contributed by atoms with van der Waals surface area (Å²) in [6.45, 7) is 1.43. The molecule has 1 heterocycles. The van der Waals surface area contributed by atoms with Crippen molar-refractivity contribution in [2.75, 3.05) is 0 Å². The summed E-state index contributed by atoms with van der Waals surface area (Å²) in [7, 11) is 0. The average Bonchev–Trinajstić information content (AvgIpc) is 3.37. The van der Waals surface area contributed by atoms with Gasteiger partial charge in [0.2, 0.25) is 0 Å². The van der Waals surface area contributed by atoms with E-state index in [1.165, 1.54) is 12.0 Å². The van der Waals surface area contributed by atoms with Crippen LogP contribution in [0.15, 0.2) is 67.0 Å². The molecule has 2 aromatic carbocycles. The maximum Gasteiger partial charge on any atom is 0.287 e. The van der Waals surface area contributed by atoms with Gasteiger partial charge < -0.3 is 5.32 Å². The van der Waals surface area contributed by atoms with E-state index in [1.807, 2.05) is 29.2 Å². The lowest BCUT2D eigenvalue weighted by Crippen LogP contribution is -2.17. The highest BCUT2D eigenvalue weighted by Gasteiger charge is 2.37. The minimum atomic E-state index is -0.507. The van der Waals surface area contributed by atoms with Gasteiger partial charge in [0.15, 0.2) is 0 Å². The summed E-state index contributed by atoms with van der Waals surface area (Å²) in [5.41, 5.74) is 4.00. The molecule has 144 valence electrons. The Hall–Kier alpha value is -2.48. The molecule has 2 N–H and O–H groups in total. The molecule has 1 aliphatic rings. The molecule has 1 saturated carbocycles. The highest BCUT2D eigenvalue weighted by atomic mass is 79.9. The molecule has 0 saturated heterocycles. The van der Waals surface area contributed by atoms with Crippen LogP contribution in [0.4, 0.5) is 0 Å². The molecular formula is C21H21BrN4O2. The van der Waals surface area contributed by atoms with Crippen LogP contribution in [0.25, 0.3) is 0 Å². The van der Waals surface area contributed by atoms with Gasteiger partial charge in [0.1, 0.15) is 0 Å². The number of halogens is 1. The predicted molar refractivity (Wildman–Crippen MR) is 109 cm³/mol. The molecule has 1 fully saturated rings. The smallest absolute Gasteiger partial charge is 0.287 e. The van der Waals surface area contributed by atoms with E-state index in [2.05, 4.69) is 56.9 Å². The first kappa shape index (κ1) is 18.9. The van der Waals surface area contributed by atoms with Gasteiger partial charge in [0, 0.05) is 35.8 Å². The Morgan fingerprint density at radius 2 is 1.93 bits per heavy atom. The van der Waals surface area contributed by atoms with Crippen molar-refractivity contribution in [1.82, 2.24) is 19.2 Å². The number of hydrogen-bond acceptors (Lipinski definition) is 4. The van der Waals surface area contributed by atoms with Crippen molar-refractivity contribution < 1.29 is 10.0 Å². The Morgan fingerprint density at radius 3 is 2.64 bits per heavy atom. The van der Waals surface area contributed by atoms with Gasteiger partial charge in [-0.25, -0.2) is 0 Å². The first-order valence-corrected chi connectivity index (χ1v) is 9.89. The molecular weight excluding hydrogens is 420 g/mol. The molecule has 0 radical (unpaired) electrons. The standard InChI is InChI=1S/C21H21BrN4O2/c22-26(28)21(27)18-8-6-15(7-9-18)13-25-14-16(12-24-25)11-23-20-10-19(20)17-4-2-1-3-5-17/h1-9,12,14,19-20,23,28H,10-11,13H2/t19-,20+/m0/s1. The molecule has 1 aromatic heterocycles. The number of nitrogens with one attached hydrogen (secondary N) is 1. The van der Waals surface area contributed by atoms with Crippen molar-refractivity contribution in [3.05, 3.63) is 89.2 Å². The Balaban J connectivity index is 1.28. The molecule has 0 aliphatic heterocycles. The van der Waals surface area contributed by atoms with Gasteiger partial charge >= 0.3 is 0 Å². The molecule has 3 aromatic rings. The minimum absolute atomic E-state index is 0.400. The lowest BCUT2D eigenvalue weighted by atomic mass is 10.1. The van der Waals surface area contributed by atoms with Gasteiger partial charge in [-0.05, 0) is 29.7 Å². The van der Waals surface area contributed by atoms with E-state index in [1.54, 1.807) is 12.1 Å². The molecule has 2 atom stereocenters. The zero-order chi connectivity index (χ0) is 19.5. The number of hydroxylamine groups is 1. The number of carbonyl (C=O) groups is 1. The molecule has 28 heavy (non-hydrogen) atoms. The summed E-state index contributed by atoms with van der Waals surface area (Å²) in [6, 6.07) is 18.3. The third-order valence-corrected chi connectivity index (χ3v) is 5.31. The van der Waals surface area contributed by atoms with Crippen molar-refractivity contribution in [2.24, 2.45) is 0 Å². The van der Waals surface area contributed by atoms with E-state index >= 15 is 0 Å². The summed E-state index contributed by atoms with van der Waals surface area (Å²) < 4.78 is 2.29. The number of nitrogens with zero attached hydrogens (tertiary/aromatic N) is 3. The zero-order valence-corrected chi connectivity index (χ0v) is 16.8. The van der Waals surface area contributed by atoms with Gasteiger partial charge in [-0.2, -0.15) is 5.10 Å². The number of benzene rings is 2. The fraction of sp³-hybridized carbons (Fsp3) is 0.238. The van der Waals surface area contributed by atoms with E-state index in [0.717, 1.165) is 17.7 Å². The summed E-state index contributed by atoms with van der Waals surface area (Å²) in [5.74, 6) is 0.111. The highest BCUT2D eigenvalue weighted by molar-refractivity contribution is 9.07. The normalized spacial score (nSPS) is 18.1. The molecule has 7 heteroatoms. The van der Waals surface area contributed by atoms with E-state index in [0.29, 0.717) is 28.2 Å². The average molecular weight is 441 g/mol. The lowest BCUT2D eigenvalue weighted by molar-refractivity contribution is 0.0208. The van der Waals surface area contributed by atoms with Gasteiger partial charge in [-0.3, -0.25) is 14.7 Å². The minimum Gasteiger partial charge on any atom is -0.309 e. The SMILES string of the molecule is O=C(c1ccc(Cn2cc(CN[C@@H]3C[C@H]3c3ccccc3)cn2)cc1)N(O)Br. The number of aromatic nitrogens is 2. The number of hydrogen-bond donors (Lipinski definition) is 2. The Bertz CT molecular complexity index is 941. The maximum absolute atomic E-state index is 11.7. The Kier molecular flexibility index (Phi) is 5.57. The fourth-order valence-corrected chi connectivity index (χ4v) is 3.57. The van der Waals surface area contributed by atoms with Crippen LogP contribution in [-0.4, -0.2) is 31.0 Å². The van der Waals surface area contributed by atoms with Crippen LogP contribution in [0.2, 0.25) is 0 Å². The molecule has 6 nitrogen and oxygen atoms in total. The van der Waals surface area contributed by atoms with Crippen LogP contribution < -0.4 is 5.32 Å². The van der Waals surface area contributed by atoms with Gasteiger partial charge in [0.25, 0.3) is 5.91 Å². The number of amides is 1. The largest absolute Gasteiger partial charge is 0.309 e. The van der Waals surface area contributed by atoms with Crippen molar-refractivity contribution in [2.45, 2.75) is 31.5 Å². The van der Waals surface area contributed by atoms with Gasteiger partial charge in [-0.1, -0.05) is 42.5 Å². The van der Waals surface area contributed by atoms with E-state index < -0.39 is 5.91 Å². The topological polar surface area (TPSA) is 70.4 Å². The van der Waals surface area contributed by atoms with Crippen molar-refractivity contribution in [3.63, 3.8) is 0 Å². The molecule has 1 amide bonds. The Labute approximate surface area is 172 Å². The second-order valence-corrected chi connectivity index (χ2v) is 7.72. The van der Waals surface area contributed by atoms with Crippen molar-refractivity contribution in [1.29, 1.82) is 0 Å². The number of rotatable bonds is 7. The predicted octanol–water partition coefficient (Wildman–Crippen LogP) is 3.72. The molecule has 1 aliphatic carbocycles. The third kappa shape index (κ3) is 4.49. The molecule has 0 spiro atoms. The summed E-state index contributed by atoms with van der Waals surface area (Å²) in [4.78, 5) is 11.7. The first-order valence-electron chi connectivity index (χ1n) is 9.18. The molecule has 4 rings (SSSR count). The molecule has 0 bridgehead atoms. The van der Waals surface area contributed by atoms with Crippen LogP contribution in [0.1, 0.15) is 39.4 Å².